The standard InChI is InChI=1S/C21H21N7O2/c1-13(18-15-6-2-3-7-16(15)19(29)26-25-18)20(30)27-10-4-5-14(11-27)17-8-9-22-21-23-12-24-28(17)21/h2-3,6-9,12-14H,4-5,10-11H2,1H3,(H,26,29)/t13-,14+/m1/s1. The number of aromatic amines is 1. The van der Waals surface area contributed by atoms with E-state index in [0.29, 0.717) is 35.3 Å². The number of nitrogens with zero attached hydrogens (tertiary/aromatic N) is 6. The minimum atomic E-state index is -0.464. The van der Waals surface area contributed by atoms with Crippen LogP contribution in [0.4, 0.5) is 0 Å². The van der Waals surface area contributed by atoms with Crippen LogP contribution in [0.1, 0.15) is 43.0 Å². The fourth-order valence-corrected chi connectivity index (χ4v) is 4.34. The average Bonchev–Trinajstić information content (AvgIpc) is 3.28. The van der Waals surface area contributed by atoms with Crippen molar-refractivity contribution in [3.63, 3.8) is 0 Å². The number of carbonyl (C=O) groups is 1. The highest BCUT2D eigenvalue weighted by Gasteiger charge is 2.31. The Morgan fingerprint density at radius 1 is 1.20 bits per heavy atom. The lowest BCUT2D eigenvalue weighted by Crippen LogP contribution is -2.41. The number of hydrogen-bond acceptors (Lipinski definition) is 6. The van der Waals surface area contributed by atoms with Gasteiger partial charge in [-0.1, -0.05) is 18.2 Å². The number of carbonyl (C=O) groups excluding carboxylic acids is 1. The van der Waals surface area contributed by atoms with E-state index in [2.05, 4.69) is 25.3 Å². The Morgan fingerprint density at radius 3 is 2.90 bits per heavy atom. The second-order valence-electron chi connectivity index (χ2n) is 7.67. The molecule has 9 nitrogen and oxygen atoms in total. The van der Waals surface area contributed by atoms with Crippen LogP contribution in [-0.2, 0) is 4.79 Å². The lowest BCUT2D eigenvalue weighted by atomic mass is 9.92. The molecule has 1 saturated heterocycles. The van der Waals surface area contributed by atoms with Gasteiger partial charge in [-0.2, -0.15) is 15.2 Å². The molecule has 1 fully saturated rings. The number of H-pyrrole nitrogens is 1. The Hall–Kier alpha value is -3.62. The van der Waals surface area contributed by atoms with E-state index < -0.39 is 5.92 Å². The van der Waals surface area contributed by atoms with Gasteiger partial charge in [0.25, 0.3) is 11.3 Å². The molecule has 4 heterocycles. The summed E-state index contributed by atoms with van der Waals surface area (Å²) < 4.78 is 1.75. The summed E-state index contributed by atoms with van der Waals surface area (Å²) >= 11 is 0. The van der Waals surface area contributed by atoms with Crippen molar-refractivity contribution >= 4 is 22.5 Å². The van der Waals surface area contributed by atoms with Crippen molar-refractivity contribution in [1.29, 1.82) is 0 Å². The van der Waals surface area contributed by atoms with Crippen molar-refractivity contribution in [2.45, 2.75) is 31.6 Å². The predicted molar refractivity (Wildman–Crippen MR) is 110 cm³/mol. The Kier molecular flexibility index (Phi) is 4.50. The summed E-state index contributed by atoms with van der Waals surface area (Å²) in [6.07, 6.45) is 5.10. The minimum Gasteiger partial charge on any atom is -0.341 e. The summed E-state index contributed by atoms with van der Waals surface area (Å²) in [5.41, 5.74) is 1.36. The van der Waals surface area contributed by atoms with Gasteiger partial charge in [-0.25, -0.2) is 14.6 Å². The van der Waals surface area contributed by atoms with Crippen LogP contribution in [0.25, 0.3) is 16.6 Å². The fraction of sp³-hybridized carbons (Fsp3) is 0.333. The van der Waals surface area contributed by atoms with Gasteiger partial charge in [0, 0.05) is 30.6 Å². The first-order valence-electron chi connectivity index (χ1n) is 10.0. The summed E-state index contributed by atoms with van der Waals surface area (Å²) in [7, 11) is 0. The molecule has 0 spiro atoms. The van der Waals surface area contributed by atoms with Crippen LogP contribution in [0.5, 0.6) is 0 Å². The summed E-state index contributed by atoms with van der Waals surface area (Å²) in [4.78, 5) is 35.7. The Bertz CT molecular complexity index is 1300. The number of hydrogen-bond donors (Lipinski definition) is 1. The van der Waals surface area contributed by atoms with Crippen LogP contribution >= 0.6 is 0 Å². The van der Waals surface area contributed by atoms with E-state index in [0.717, 1.165) is 18.5 Å². The number of piperidine rings is 1. The van der Waals surface area contributed by atoms with Gasteiger partial charge in [-0.15, -0.1) is 0 Å². The van der Waals surface area contributed by atoms with Crippen molar-refractivity contribution in [3.05, 3.63) is 64.6 Å². The Labute approximate surface area is 171 Å². The molecule has 2 atom stereocenters. The maximum atomic E-state index is 13.4. The number of nitrogens with one attached hydrogen (secondary N) is 1. The topological polar surface area (TPSA) is 109 Å². The maximum Gasteiger partial charge on any atom is 0.272 e. The van der Waals surface area contributed by atoms with Gasteiger partial charge in [0.1, 0.15) is 6.33 Å². The molecule has 0 bridgehead atoms. The number of rotatable bonds is 3. The van der Waals surface area contributed by atoms with Gasteiger partial charge < -0.3 is 4.90 Å². The molecule has 0 aliphatic carbocycles. The van der Waals surface area contributed by atoms with Gasteiger partial charge in [-0.3, -0.25) is 9.59 Å². The van der Waals surface area contributed by atoms with Crippen molar-refractivity contribution < 1.29 is 4.79 Å². The third-order valence-corrected chi connectivity index (χ3v) is 5.87. The minimum absolute atomic E-state index is 0.00768. The number of amides is 1. The number of likely N-dealkylation sites (tertiary alicyclic amines) is 1. The van der Waals surface area contributed by atoms with Crippen molar-refractivity contribution in [2.24, 2.45) is 0 Å². The first-order valence-corrected chi connectivity index (χ1v) is 10.0. The summed E-state index contributed by atoms with van der Waals surface area (Å²) in [5.74, 6) is 0.262. The molecule has 0 radical (unpaired) electrons. The summed E-state index contributed by atoms with van der Waals surface area (Å²) in [6, 6.07) is 9.20. The molecule has 0 saturated carbocycles. The molecule has 152 valence electrons. The molecule has 1 aliphatic heterocycles. The number of benzene rings is 1. The van der Waals surface area contributed by atoms with Gasteiger partial charge in [0.2, 0.25) is 5.91 Å². The first kappa shape index (κ1) is 18.4. The highest BCUT2D eigenvalue weighted by molar-refractivity contribution is 5.91. The molecule has 3 aromatic heterocycles. The van der Waals surface area contributed by atoms with Gasteiger partial charge in [-0.05, 0) is 31.9 Å². The second-order valence-corrected chi connectivity index (χ2v) is 7.67. The Morgan fingerprint density at radius 2 is 2.03 bits per heavy atom. The van der Waals surface area contributed by atoms with E-state index in [4.69, 9.17) is 0 Å². The SMILES string of the molecule is C[C@@H](C(=O)N1CCC[C@H](c2ccnc3ncnn23)C1)c1n[nH]c(=O)c2ccccc12. The number of aromatic nitrogens is 6. The van der Waals surface area contributed by atoms with E-state index in [1.165, 1.54) is 6.33 Å². The van der Waals surface area contributed by atoms with Crippen LogP contribution in [0, 0.1) is 0 Å². The van der Waals surface area contributed by atoms with E-state index in [1.807, 2.05) is 36.1 Å². The van der Waals surface area contributed by atoms with E-state index >= 15 is 0 Å². The van der Waals surface area contributed by atoms with E-state index in [-0.39, 0.29) is 17.4 Å². The van der Waals surface area contributed by atoms with Crippen molar-refractivity contribution in [3.8, 4) is 0 Å². The molecule has 30 heavy (non-hydrogen) atoms. The lowest BCUT2D eigenvalue weighted by Gasteiger charge is -2.34. The fourth-order valence-electron chi connectivity index (χ4n) is 4.34. The van der Waals surface area contributed by atoms with Gasteiger partial charge in [0.15, 0.2) is 0 Å². The van der Waals surface area contributed by atoms with Gasteiger partial charge in [0.05, 0.1) is 22.7 Å². The van der Waals surface area contributed by atoms with Crippen LogP contribution in [0.2, 0.25) is 0 Å². The summed E-state index contributed by atoms with van der Waals surface area (Å²) in [5, 5.41) is 12.3. The molecular weight excluding hydrogens is 382 g/mol. The molecular formula is C21H21N7O2. The third kappa shape index (κ3) is 3.02. The van der Waals surface area contributed by atoms with Crippen LogP contribution in [-0.4, -0.2) is 53.7 Å². The average molecular weight is 403 g/mol. The van der Waals surface area contributed by atoms with E-state index in [1.54, 1.807) is 16.8 Å². The van der Waals surface area contributed by atoms with Crippen molar-refractivity contribution in [2.75, 3.05) is 13.1 Å². The quantitative estimate of drug-likeness (QED) is 0.559. The van der Waals surface area contributed by atoms with Crippen LogP contribution < -0.4 is 5.56 Å². The van der Waals surface area contributed by atoms with E-state index in [9.17, 15) is 9.59 Å². The molecule has 1 aromatic carbocycles. The largest absolute Gasteiger partial charge is 0.341 e. The monoisotopic (exact) mass is 403 g/mol. The zero-order chi connectivity index (χ0) is 20.7. The highest BCUT2D eigenvalue weighted by atomic mass is 16.2. The second kappa shape index (κ2) is 7.33. The van der Waals surface area contributed by atoms with Gasteiger partial charge >= 0.3 is 0 Å². The van der Waals surface area contributed by atoms with Crippen LogP contribution in [0.3, 0.4) is 0 Å². The molecule has 0 unspecified atom stereocenters. The molecule has 4 aromatic rings. The summed E-state index contributed by atoms with van der Waals surface area (Å²) in [6.45, 7) is 3.15. The zero-order valence-corrected chi connectivity index (χ0v) is 16.5. The molecule has 1 N–H and O–H groups in total. The Balaban J connectivity index is 1.43. The lowest BCUT2D eigenvalue weighted by molar-refractivity contribution is -0.133. The smallest absolute Gasteiger partial charge is 0.272 e. The normalized spacial score (nSPS) is 18.0. The van der Waals surface area contributed by atoms with Crippen molar-refractivity contribution in [1.82, 2.24) is 34.7 Å². The zero-order valence-electron chi connectivity index (χ0n) is 16.5. The molecule has 9 heteroatoms. The first-order chi connectivity index (χ1) is 14.6. The molecule has 1 aliphatic rings. The predicted octanol–water partition coefficient (Wildman–Crippen LogP) is 1.87. The maximum absolute atomic E-state index is 13.4. The highest BCUT2D eigenvalue weighted by Crippen LogP contribution is 2.29. The van der Waals surface area contributed by atoms with Crippen LogP contribution in [0.15, 0.2) is 47.7 Å². The third-order valence-electron chi connectivity index (χ3n) is 5.87. The molecule has 5 rings (SSSR count). The molecule has 1 amide bonds. The number of fused-ring (bicyclic) bond motifs is 2.